The van der Waals surface area contributed by atoms with Crippen molar-refractivity contribution in [1.82, 2.24) is 0 Å². The predicted molar refractivity (Wildman–Crippen MR) is 98.9 cm³/mol. The first-order valence-electron chi connectivity index (χ1n) is 8.96. The molecule has 3 unspecified atom stereocenters. The molecule has 1 fully saturated rings. The Bertz CT molecular complexity index is 489. The Hall–Kier alpha value is -1.06. The molecule has 1 aromatic carbocycles. The maximum atomic E-state index is 10.2. The molecule has 0 aliphatic carbocycles. The van der Waals surface area contributed by atoms with Gasteiger partial charge in [-0.15, -0.1) is 0 Å². The minimum absolute atomic E-state index is 0.181. The molecule has 0 spiro atoms. The van der Waals surface area contributed by atoms with Crippen molar-refractivity contribution < 1.29 is 5.11 Å². The summed E-state index contributed by atoms with van der Waals surface area (Å²) in [6.07, 6.45) is 1.64. The number of aliphatic hydroxyl groups is 1. The summed E-state index contributed by atoms with van der Waals surface area (Å²) in [5.74, 6) is 0.783. The average molecular weight is 319 g/mol. The van der Waals surface area contributed by atoms with Crippen molar-refractivity contribution in [2.75, 3.05) is 18.0 Å². The summed E-state index contributed by atoms with van der Waals surface area (Å²) < 4.78 is 0. The Morgan fingerprint density at radius 3 is 2.30 bits per heavy atom. The van der Waals surface area contributed by atoms with Gasteiger partial charge in [-0.1, -0.05) is 46.8 Å². The topological polar surface area (TPSA) is 49.5 Å². The van der Waals surface area contributed by atoms with Crippen LogP contribution in [0.4, 0.5) is 5.69 Å². The van der Waals surface area contributed by atoms with E-state index in [1.807, 2.05) is 0 Å². The molecule has 1 aliphatic heterocycles. The highest BCUT2D eigenvalue weighted by molar-refractivity contribution is 5.49. The molecule has 1 aromatic rings. The maximum Gasteiger partial charge on any atom is 0.0566 e. The smallest absolute Gasteiger partial charge is 0.0566 e. The molecule has 130 valence electrons. The number of aliphatic hydroxyl groups excluding tert-OH is 1. The Labute approximate surface area is 141 Å². The van der Waals surface area contributed by atoms with Gasteiger partial charge in [0, 0.05) is 24.8 Å². The minimum atomic E-state index is -0.226. The first-order valence-corrected chi connectivity index (χ1v) is 8.96. The second kappa shape index (κ2) is 7.23. The van der Waals surface area contributed by atoms with Gasteiger partial charge in [-0.05, 0) is 47.8 Å². The van der Waals surface area contributed by atoms with Crippen molar-refractivity contribution in [3.8, 4) is 0 Å². The normalized spacial score (nSPS) is 24.1. The van der Waals surface area contributed by atoms with Crippen LogP contribution in [0.25, 0.3) is 0 Å². The third-order valence-electron chi connectivity index (χ3n) is 5.01. The molecular weight excluding hydrogens is 284 g/mol. The molecule has 0 aromatic heterocycles. The lowest BCUT2D eigenvalue weighted by Crippen LogP contribution is -2.48. The van der Waals surface area contributed by atoms with Crippen molar-refractivity contribution in [3.63, 3.8) is 0 Å². The molecule has 23 heavy (non-hydrogen) atoms. The van der Waals surface area contributed by atoms with E-state index in [0.29, 0.717) is 11.8 Å². The Morgan fingerprint density at radius 2 is 1.78 bits per heavy atom. The first kappa shape index (κ1) is 18.3. The van der Waals surface area contributed by atoms with Gasteiger partial charge in [0.1, 0.15) is 0 Å². The van der Waals surface area contributed by atoms with Gasteiger partial charge in [0.2, 0.25) is 0 Å². The van der Waals surface area contributed by atoms with Gasteiger partial charge in [0.15, 0.2) is 0 Å². The zero-order valence-electron chi connectivity index (χ0n) is 15.4. The Kier molecular flexibility index (Phi) is 5.74. The molecular formula is C20H34N2O. The number of nitrogens with two attached hydrogens (primary N) is 1. The quantitative estimate of drug-likeness (QED) is 0.892. The summed E-state index contributed by atoms with van der Waals surface area (Å²) in [6, 6.07) is 9.08. The largest absolute Gasteiger partial charge is 0.393 e. The standard InChI is InChI=1S/C20H34N2O/c1-14(2)19(23)11-15-10-17(21)13-22(12-15)18-8-6-16(7-9-18)20(3,4)5/h6-9,14-15,17,19,23H,10-13,21H2,1-5H3. The third kappa shape index (κ3) is 4.95. The van der Waals surface area contributed by atoms with Crippen molar-refractivity contribution in [1.29, 1.82) is 0 Å². The summed E-state index contributed by atoms with van der Waals surface area (Å²) in [5, 5.41) is 10.2. The van der Waals surface area contributed by atoms with E-state index in [0.717, 1.165) is 25.9 Å². The maximum absolute atomic E-state index is 10.2. The van der Waals surface area contributed by atoms with Crippen LogP contribution in [0.2, 0.25) is 0 Å². The van der Waals surface area contributed by atoms with E-state index in [1.54, 1.807) is 0 Å². The van der Waals surface area contributed by atoms with Crippen LogP contribution in [0.3, 0.4) is 0 Å². The summed E-state index contributed by atoms with van der Waals surface area (Å²) in [7, 11) is 0. The molecule has 0 saturated carbocycles. The lowest BCUT2D eigenvalue weighted by Gasteiger charge is -2.39. The number of nitrogens with zero attached hydrogens (tertiary/aromatic N) is 1. The van der Waals surface area contributed by atoms with Crippen molar-refractivity contribution in [2.24, 2.45) is 17.6 Å². The van der Waals surface area contributed by atoms with Crippen LogP contribution in [0.15, 0.2) is 24.3 Å². The Balaban J connectivity index is 2.06. The van der Waals surface area contributed by atoms with Gasteiger partial charge in [-0.2, -0.15) is 0 Å². The highest BCUT2D eigenvalue weighted by atomic mass is 16.3. The van der Waals surface area contributed by atoms with Gasteiger partial charge >= 0.3 is 0 Å². The number of anilines is 1. The van der Waals surface area contributed by atoms with Gasteiger partial charge in [0.05, 0.1) is 6.10 Å². The predicted octanol–water partition coefficient (Wildman–Crippen LogP) is 3.54. The van der Waals surface area contributed by atoms with Gasteiger partial charge < -0.3 is 15.7 Å². The first-order chi connectivity index (χ1) is 10.7. The third-order valence-corrected chi connectivity index (χ3v) is 5.01. The van der Waals surface area contributed by atoms with Crippen LogP contribution >= 0.6 is 0 Å². The fourth-order valence-corrected chi connectivity index (χ4v) is 3.41. The Morgan fingerprint density at radius 1 is 1.17 bits per heavy atom. The number of rotatable bonds is 4. The lowest BCUT2D eigenvalue weighted by atomic mass is 9.86. The van der Waals surface area contributed by atoms with E-state index in [9.17, 15) is 5.11 Å². The van der Waals surface area contributed by atoms with Gasteiger partial charge in [0.25, 0.3) is 0 Å². The van der Waals surface area contributed by atoms with E-state index < -0.39 is 0 Å². The summed E-state index contributed by atoms with van der Waals surface area (Å²) in [4.78, 5) is 2.39. The molecule has 1 aliphatic rings. The van der Waals surface area contributed by atoms with Crippen LogP contribution in [-0.4, -0.2) is 30.3 Å². The number of hydrogen-bond donors (Lipinski definition) is 2. The van der Waals surface area contributed by atoms with Gasteiger partial charge in [-0.3, -0.25) is 0 Å². The van der Waals surface area contributed by atoms with Crippen LogP contribution < -0.4 is 10.6 Å². The molecule has 3 nitrogen and oxygen atoms in total. The fraction of sp³-hybridized carbons (Fsp3) is 0.700. The minimum Gasteiger partial charge on any atom is -0.393 e. The molecule has 3 atom stereocenters. The molecule has 0 bridgehead atoms. The van der Waals surface area contributed by atoms with E-state index in [1.165, 1.54) is 11.3 Å². The summed E-state index contributed by atoms with van der Waals surface area (Å²) >= 11 is 0. The van der Waals surface area contributed by atoms with E-state index >= 15 is 0 Å². The van der Waals surface area contributed by atoms with E-state index in [-0.39, 0.29) is 17.6 Å². The van der Waals surface area contributed by atoms with E-state index in [4.69, 9.17) is 5.73 Å². The monoisotopic (exact) mass is 318 g/mol. The van der Waals surface area contributed by atoms with Crippen LogP contribution in [-0.2, 0) is 5.41 Å². The molecule has 1 saturated heterocycles. The van der Waals surface area contributed by atoms with Crippen molar-refractivity contribution in [2.45, 2.75) is 65.0 Å². The average Bonchev–Trinajstić information content (AvgIpc) is 2.45. The van der Waals surface area contributed by atoms with Crippen molar-refractivity contribution in [3.05, 3.63) is 29.8 Å². The van der Waals surface area contributed by atoms with Crippen molar-refractivity contribution >= 4 is 5.69 Å². The van der Waals surface area contributed by atoms with Crippen LogP contribution in [0.5, 0.6) is 0 Å². The number of hydrogen-bond acceptors (Lipinski definition) is 3. The molecule has 3 heteroatoms. The number of piperidine rings is 1. The lowest BCUT2D eigenvalue weighted by molar-refractivity contribution is 0.0922. The van der Waals surface area contributed by atoms with Crippen LogP contribution in [0.1, 0.15) is 53.0 Å². The molecule has 3 N–H and O–H groups in total. The summed E-state index contributed by atoms with van der Waals surface area (Å²) in [5.41, 5.74) is 9.07. The fourth-order valence-electron chi connectivity index (χ4n) is 3.41. The zero-order valence-corrected chi connectivity index (χ0v) is 15.4. The highest BCUT2D eigenvalue weighted by Crippen LogP contribution is 2.29. The van der Waals surface area contributed by atoms with Gasteiger partial charge in [-0.25, -0.2) is 0 Å². The number of benzene rings is 1. The van der Waals surface area contributed by atoms with E-state index in [2.05, 4.69) is 63.8 Å². The summed E-state index contributed by atoms with van der Waals surface area (Å²) in [6.45, 7) is 12.8. The molecule has 2 rings (SSSR count). The van der Waals surface area contributed by atoms with Crippen LogP contribution in [0, 0.1) is 11.8 Å². The SMILES string of the molecule is CC(C)C(O)CC1CC(N)CN(c2ccc(C(C)(C)C)cc2)C1. The second-order valence-corrected chi connectivity index (χ2v) is 8.61. The highest BCUT2D eigenvalue weighted by Gasteiger charge is 2.28. The molecule has 0 amide bonds. The molecule has 0 radical (unpaired) electrons. The second-order valence-electron chi connectivity index (χ2n) is 8.61. The zero-order chi connectivity index (χ0) is 17.2. The molecule has 1 heterocycles.